The minimum absolute atomic E-state index is 0.390. The third kappa shape index (κ3) is 2.35. The molecule has 0 saturated heterocycles. The maximum atomic E-state index is 6.00. The molecule has 3 rings (SSSR count). The van der Waals surface area contributed by atoms with Crippen LogP contribution in [0.1, 0.15) is 44.2 Å². The van der Waals surface area contributed by atoms with Crippen molar-refractivity contribution in [2.75, 3.05) is 7.05 Å². The summed E-state index contributed by atoms with van der Waals surface area (Å²) >= 11 is 13.5. The summed E-state index contributed by atoms with van der Waals surface area (Å²) in [5, 5.41) is 0.797. The van der Waals surface area contributed by atoms with Gasteiger partial charge in [0.25, 0.3) is 0 Å². The zero-order chi connectivity index (χ0) is 14.3. The molecule has 0 amide bonds. The van der Waals surface area contributed by atoms with Gasteiger partial charge in [-0.2, -0.15) is 0 Å². The summed E-state index contributed by atoms with van der Waals surface area (Å²) < 4.78 is 2.00. The summed E-state index contributed by atoms with van der Waals surface area (Å²) in [6.45, 7) is 2.30. The van der Waals surface area contributed by atoms with Gasteiger partial charge in [-0.1, -0.05) is 36.0 Å². The number of quaternary nitrogens is 1. The molecule has 2 unspecified atom stereocenters. The number of benzene rings is 1. The number of nitrogens with zero attached hydrogens (tertiary/aromatic N) is 1. The Morgan fingerprint density at radius 3 is 2.55 bits per heavy atom. The van der Waals surface area contributed by atoms with Crippen LogP contribution < -0.4 is 0 Å². The molecule has 2 aliphatic rings. The van der Waals surface area contributed by atoms with Crippen LogP contribution >= 0.6 is 35.8 Å². The molecule has 1 aliphatic heterocycles. The second-order valence-corrected chi connectivity index (χ2v) is 8.18. The van der Waals surface area contributed by atoms with E-state index in [-0.39, 0.29) is 0 Å². The Hall–Kier alpha value is -0.350. The molecule has 4 heteroatoms. The van der Waals surface area contributed by atoms with Crippen molar-refractivity contribution in [3.63, 3.8) is 0 Å². The lowest BCUT2D eigenvalue weighted by atomic mass is 9.95. The van der Waals surface area contributed by atoms with Gasteiger partial charge >= 0.3 is 0 Å². The molecule has 0 aromatic heterocycles. The number of rotatable bonds is 2. The van der Waals surface area contributed by atoms with Gasteiger partial charge in [0, 0.05) is 22.6 Å². The Morgan fingerprint density at radius 2 is 1.85 bits per heavy atom. The van der Waals surface area contributed by atoms with Crippen LogP contribution in [0.4, 0.5) is 0 Å². The Kier molecular flexibility index (Phi) is 3.97. The van der Waals surface area contributed by atoms with Crippen LogP contribution in [0.2, 0.25) is 5.02 Å². The van der Waals surface area contributed by atoms with E-state index >= 15 is 0 Å². The van der Waals surface area contributed by atoms with Crippen LogP contribution in [0.5, 0.6) is 0 Å². The number of hydrogen-bond donors (Lipinski definition) is 0. The minimum Gasteiger partial charge on any atom is -0.224 e. The standard InChI is InChI=1S/C16H19ClNS2/c1-11(12-7-9-13(17)10-8-12)18(2)15-6-4-3-5-14(15)16(19)20-18/h7-11H,3-6H2,1-2H3/q+1. The lowest BCUT2D eigenvalue weighted by molar-refractivity contribution is -0.765. The number of allylic oxidation sites excluding steroid dienone is 1. The van der Waals surface area contributed by atoms with Gasteiger partial charge in [-0.15, -0.1) is 0 Å². The molecule has 0 fully saturated rings. The Labute approximate surface area is 135 Å². The lowest BCUT2D eigenvalue weighted by Gasteiger charge is -2.36. The van der Waals surface area contributed by atoms with Crippen molar-refractivity contribution in [3.8, 4) is 0 Å². The Bertz CT molecular complexity index is 579. The summed E-state index contributed by atoms with van der Waals surface area (Å²) in [4.78, 5) is 0. The molecule has 2 atom stereocenters. The molecule has 1 aliphatic carbocycles. The fourth-order valence-corrected chi connectivity index (χ4v) is 5.30. The molecule has 1 aromatic carbocycles. The summed E-state index contributed by atoms with van der Waals surface area (Å²) in [6.07, 6.45) is 4.94. The SMILES string of the molecule is CC(c1ccc(Cl)cc1)[N+]1(C)SC(=S)C2=C1CCCC2. The molecule has 0 bridgehead atoms. The quantitative estimate of drug-likeness (QED) is 0.391. The predicted octanol–water partition coefficient (Wildman–Crippen LogP) is 5.66. The van der Waals surface area contributed by atoms with Crippen LogP contribution in [0.15, 0.2) is 35.5 Å². The van der Waals surface area contributed by atoms with Crippen molar-refractivity contribution in [1.29, 1.82) is 0 Å². The van der Waals surface area contributed by atoms with Gasteiger partial charge in [0.2, 0.25) is 0 Å². The molecule has 1 nitrogen and oxygen atoms in total. The average molecular weight is 325 g/mol. The second kappa shape index (κ2) is 5.45. The monoisotopic (exact) mass is 324 g/mol. The van der Waals surface area contributed by atoms with E-state index in [0.29, 0.717) is 6.04 Å². The first-order valence-corrected chi connectivity index (χ1v) is 8.66. The highest BCUT2D eigenvalue weighted by Gasteiger charge is 2.47. The maximum Gasteiger partial charge on any atom is 0.138 e. The summed E-state index contributed by atoms with van der Waals surface area (Å²) in [7, 11) is 2.31. The summed E-state index contributed by atoms with van der Waals surface area (Å²) in [6, 6.07) is 8.63. The van der Waals surface area contributed by atoms with E-state index < -0.39 is 0 Å². The van der Waals surface area contributed by atoms with E-state index in [2.05, 4.69) is 26.1 Å². The second-order valence-electron chi connectivity index (χ2n) is 5.73. The summed E-state index contributed by atoms with van der Waals surface area (Å²) in [5.41, 5.74) is 4.33. The molecule has 0 spiro atoms. The zero-order valence-corrected chi connectivity index (χ0v) is 14.2. The Morgan fingerprint density at radius 1 is 1.20 bits per heavy atom. The van der Waals surface area contributed by atoms with Crippen LogP contribution in [-0.4, -0.2) is 15.1 Å². The molecule has 1 heterocycles. The van der Waals surface area contributed by atoms with Gasteiger partial charge in [0.05, 0.1) is 7.05 Å². The summed E-state index contributed by atoms with van der Waals surface area (Å²) in [5.74, 6) is 0. The van der Waals surface area contributed by atoms with Gasteiger partial charge < -0.3 is 0 Å². The van der Waals surface area contributed by atoms with Crippen molar-refractivity contribution in [1.82, 2.24) is 0 Å². The van der Waals surface area contributed by atoms with Crippen LogP contribution in [0, 0.1) is 0 Å². The van der Waals surface area contributed by atoms with Crippen molar-refractivity contribution in [3.05, 3.63) is 46.1 Å². The third-order valence-corrected chi connectivity index (χ3v) is 6.64. The molecule has 0 radical (unpaired) electrons. The van der Waals surface area contributed by atoms with Crippen LogP contribution in [0.25, 0.3) is 0 Å². The maximum absolute atomic E-state index is 6.00. The highest BCUT2D eigenvalue weighted by molar-refractivity contribution is 8.20. The van der Waals surface area contributed by atoms with E-state index in [9.17, 15) is 0 Å². The van der Waals surface area contributed by atoms with Gasteiger partial charge in [-0.3, -0.25) is 0 Å². The lowest BCUT2D eigenvalue weighted by Crippen LogP contribution is -2.36. The van der Waals surface area contributed by atoms with Crippen molar-refractivity contribution >= 4 is 40.0 Å². The highest BCUT2D eigenvalue weighted by Crippen LogP contribution is 2.52. The average Bonchev–Trinajstić information content (AvgIpc) is 2.72. The zero-order valence-electron chi connectivity index (χ0n) is 11.9. The fourth-order valence-electron chi connectivity index (χ4n) is 3.22. The molecule has 1 aromatic rings. The number of hydrogen-bond acceptors (Lipinski definition) is 2. The number of thiocarbonyl (C=S) groups is 1. The van der Waals surface area contributed by atoms with E-state index in [1.165, 1.54) is 36.8 Å². The molecule has 106 valence electrons. The van der Waals surface area contributed by atoms with Crippen LogP contribution in [0.3, 0.4) is 0 Å². The van der Waals surface area contributed by atoms with E-state index in [4.69, 9.17) is 23.8 Å². The van der Waals surface area contributed by atoms with Gasteiger partial charge in [0.15, 0.2) is 0 Å². The largest absolute Gasteiger partial charge is 0.224 e. The smallest absolute Gasteiger partial charge is 0.138 e. The predicted molar refractivity (Wildman–Crippen MR) is 91.7 cm³/mol. The minimum atomic E-state index is 0.390. The van der Waals surface area contributed by atoms with Crippen molar-refractivity contribution in [2.45, 2.75) is 38.6 Å². The first-order valence-electron chi connectivity index (χ1n) is 7.10. The first kappa shape index (κ1) is 14.6. The third-order valence-electron chi connectivity index (χ3n) is 4.59. The van der Waals surface area contributed by atoms with E-state index in [0.717, 1.165) is 13.1 Å². The van der Waals surface area contributed by atoms with Crippen LogP contribution in [-0.2, 0) is 0 Å². The Balaban J connectivity index is 1.98. The first-order chi connectivity index (χ1) is 9.52. The normalized spacial score (nSPS) is 27.6. The van der Waals surface area contributed by atoms with E-state index in [1.54, 1.807) is 5.70 Å². The number of halogens is 1. The van der Waals surface area contributed by atoms with Gasteiger partial charge in [0.1, 0.15) is 27.9 Å². The molecule has 0 saturated carbocycles. The fraction of sp³-hybridized carbons (Fsp3) is 0.438. The van der Waals surface area contributed by atoms with E-state index in [1.807, 2.05) is 24.1 Å². The molecule has 20 heavy (non-hydrogen) atoms. The molecular formula is C16H19ClNS2+. The topological polar surface area (TPSA) is 0 Å². The molecular weight excluding hydrogens is 306 g/mol. The van der Waals surface area contributed by atoms with Gasteiger partial charge in [-0.25, -0.2) is 3.89 Å². The van der Waals surface area contributed by atoms with Crippen molar-refractivity contribution in [2.24, 2.45) is 0 Å². The highest BCUT2D eigenvalue weighted by atomic mass is 35.5. The van der Waals surface area contributed by atoms with Crippen molar-refractivity contribution < 1.29 is 3.89 Å². The molecule has 0 N–H and O–H groups in total. The van der Waals surface area contributed by atoms with Gasteiger partial charge in [-0.05, 0) is 38.3 Å².